The molecule has 5 rings (SSSR count). The van der Waals surface area contributed by atoms with Crippen molar-refractivity contribution >= 4 is 61.6 Å². The van der Waals surface area contributed by atoms with E-state index in [4.69, 9.17) is 23.2 Å². The lowest BCUT2D eigenvalue weighted by atomic mass is 9.97. The molecular weight excluding hydrogens is 410 g/mol. The van der Waals surface area contributed by atoms with Gasteiger partial charge in [-0.1, -0.05) is 47.5 Å². The highest BCUT2D eigenvalue weighted by Crippen LogP contribution is 2.38. The number of ketones is 1. The Morgan fingerprint density at radius 3 is 2.48 bits per heavy atom. The van der Waals surface area contributed by atoms with Crippen molar-refractivity contribution in [3.8, 4) is 11.4 Å². The van der Waals surface area contributed by atoms with Crippen molar-refractivity contribution in [3.63, 3.8) is 0 Å². The van der Waals surface area contributed by atoms with Crippen LogP contribution in [0.15, 0.2) is 54.6 Å². The number of H-pyrrole nitrogens is 1. The minimum absolute atomic E-state index is 0.0226. The summed E-state index contributed by atoms with van der Waals surface area (Å²) in [6.07, 6.45) is 0. The summed E-state index contributed by atoms with van der Waals surface area (Å²) in [4.78, 5) is 19.8. The highest BCUT2D eigenvalue weighted by atomic mass is 35.5. The number of benzene rings is 4. The van der Waals surface area contributed by atoms with Gasteiger partial charge in [0.05, 0.1) is 21.6 Å². The Hall–Kier alpha value is -2.95. The summed E-state index contributed by atoms with van der Waals surface area (Å²) in [6, 6.07) is 15.6. The van der Waals surface area contributed by atoms with E-state index in [1.54, 1.807) is 24.3 Å². The van der Waals surface area contributed by atoms with Gasteiger partial charge in [-0.25, -0.2) is 9.37 Å². The Morgan fingerprint density at radius 2 is 1.72 bits per heavy atom. The second kappa shape index (κ2) is 6.55. The second-order valence-electron chi connectivity index (χ2n) is 6.91. The molecule has 1 aromatic heterocycles. The number of nitrogens with one attached hydrogen (secondary N) is 1. The fraction of sp³-hybridized carbons (Fsp3) is 0.0435. The number of rotatable bonds is 2. The normalized spacial score (nSPS) is 11.6. The summed E-state index contributed by atoms with van der Waals surface area (Å²) >= 11 is 12.5. The molecule has 0 bridgehead atoms. The van der Waals surface area contributed by atoms with Gasteiger partial charge in [-0.3, -0.25) is 4.79 Å². The number of fused-ring (bicyclic) bond motifs is 6. The third kappa shape index (κ3) is 2.79. The van der Waals surface area contributed by atoms with E-state index in [1.165, 1.54) is 13.0 Å². The molecule has 0 saturated heterocycles. The molecule has 3 nitrogen and oxygen atoms in total. The van der Waals surface area contributed by atoms with Crippen LogP contribution in [0, 0.1) is 5.82 Å². The van der Waals surface area contributed by atoms with Crippen LogP contribution >= 0.6 is 23.2 Å². The molecule has 1 heterocycles. The van der Waals surface area contributed by atoms with E-state index in [9.17, 15) is 9.18 Å². The summed E-state index contributed by atoms with van der Waals surface area (Å²) in [5.41, 5.74) is 2.27. The predicted molar refractivity (Wildman–Crippen MR) is 117 cm³/mol. The molecule has 0 aliphatic rings. The zero-order chi connectivity index (χ0) is 20.3. The molecular formula is C23H13Cl2FN2O. The van der Waals surface area contributed by atoms with Crippen LogP contribution in [0.2, 0.25) is 10.0 Å². The number of hydrogen-bond donors (Lipinski definition) is 1. The maximum atomic E-state index is 14.5. The van der Waals surface area contributed by atoms with E-state index in [0.717, 1.165) is 27.1 Å². The molecule has 0 aliphatic carbocycles. The number of carbonyl (C=O) groups is 1. The standard InChI is InChI=1S/C23H13Cl2FN2O/c1-11(29)12-5-7-14-16(9-12)17-10-13(24)6-8-15(17)22-21(14)27-23(28-22)20-18(25)3-2-4-19(20)26/h2-10H,1H3,(H,27,28). The monoisotopic (exact) mass is 422 g/mol. The van der Waals surface area contributed by atoms with Crippen molar-refractivity contribution in [2.75, 3.05) is 0 Å². The number of aromatic amines is 1. The van der Waals surface area contributed by atoms with Gasteiger partial charge in [0.1, 0.15) is 11.6 Å². The molecule has 0 atom stereocenters. The van der Waals surface area contributed by atoms with Crippen LogP contribution < -0.4 is 0 Å². The average molecular weight is 423 g/mol. The molecule has 0 saturated carbocycles. The molecule has 0 spiro atoms. The minimum Gasteiger partial charge on any atom is -0.337 e. The average Bonchev–Trinajstić information content (AvgIpc) is 3.12. The van der Waals surface area contributed by atoms with Gasteiger partial charge in [0.25, 0.3) is 0 Å². The van der Waals surface area contributed by atoms with Crippen LogP contribution in [0.1, 0.15) is 17.3 Å². The summed E-state index contributed by atoms with van der Waals surface area (Å²) in [7, 11) is 0. The molecule has 0 unspecified atom stereocenters. The quantitative estimate of drug-likeness (QED) is 0.241. The smallest absolute Gasteiger partial charge is 0.159 e. The number of halogens is 3. The summed E-state index contributed by atoms with van der Waals surface area (Å²) in [5.74, 6) is -0.125. The molecule has 0 radical (unpaired) electrons. The number of imidazole rings is 1. The molecule has 0 fully saturated rings. The largest absolute Gasteiger partial charge is 0.337 e. The highest BCUT2D eigenvalue weighted by molar-refractivity contribution is 6.34. The van der Waals surface area contributed by atoms with E-state index in [0.29, 0.717) is 21.9 Å². The number of Topliss-reactive ketones (excluding diaryl/α,β-unsaturated/α-hetero) is 1. The first-order valence-corrected chi connectivity index (χ1v) is 9.69. The fourth-order valence-corrected chi connectivity index (χ4v) is 4.18. The number of carbonyl (C=O) groups excluding carboxylic acids is 1. The van der Waals surface area contributed by atoms with E-state index < -0.39 is 5.82 Å². The minimum atomic E-state index is -0.452. The van der Waals surface area contributed by atoms with Gasteiger partial charge in [-0.05, 0) is 48.0 Å². The van der Waals surface area contributed by atoms with Gasteiger partial charge in [0.15, 0.2) is 5.78 Å². The Balaban J connectivity index is 1.96. The SMILES string of the molecule is CC(=O)c1ccc2c(c1)c1cc(Cl)ccc1c1nc(-c3c(F)cccc3Cl)[nH]c21. The maximum absolute atomic E-state index is 14.5. The number of aromatic nitrogens is 2. The van der Waals surface area contributed by atoms with Crippen molar-refractivity contribution in [2.24, 2.45) is 0 Å². The molecule has 5 aromatic rings. The van der Waals surface area contributed by atoms with Crippen LogP contribution in [-0.4, -0.2) is 15.8 Å². The fourth-order valence-electron chi connectivity index (χ4n) is 3.76. The van der Waals surface area contributed by atoms with Crippen LogP contribution in [0.25, 0.3) is 44.0 Å². The summed E-state index contributed by atoms with van der Waals surface area (Å²) in [6.45, 7) is 1.53. The van der Waals surface area contributed by atoms with Crippen molar-refractivity contribution in [2.45, 2.75) is 6.92 Å². The lowest BCUT2D eigenvalue weighted by Gasteiger charge is -2.08. The molecule has 1 N–H and O–H groups in total. The van der Waals surface area contributed by atoms with Crippen LogP contribution in [0.3, 0.4) is 0 Å². The van der Waals surface area contributed by atoms with Crippen molar-refractivity contribution in [3.05, 3.63) is 76.0 Å². The maximum Gasteiger partial charge on any atom is 0.159 e. The van der Waals surface area contributed by atoms with Gasteiger partial charge < -0.3 is 4.98 Å². The summed E-state index contributed by atoms with van der Waals surface area (Å²) < 4.78 is 14.5. The molecule has 0 aliphatic heterocycles. The van der Waals surface area contributed by atoms with Gasteiger partial charge in [-0.15, -0.1) is 0 Å². The number of nitrogens with zero attached hydrogens (tertiary/aromatic N) is 1. The van der Waals surface area contributed by atoms with Gasteiger partial charge in [0.2, 0.25) is 0 Å². The van der Waals surface area contributed by atoms with E-state index in [1.807, 2.05) is 24.3 Å². The zero-order valence-electron chi connectivity index (χ0n) is 15.2. The van der Waals surface area contributed by atoms with Gasteiger partial charge in [-0.2, -0.15) is 0 Å². The van der Waals surface area contributed by atoms with Crippen LogP contribution in [0.4, 0.5) is 4.39 Å². The Bertz CT molecular complexity index is 1450. The van der Waals surface area contributed by atoms with E-state index >= 15 is 0 Å². The van der Waals surface area contributed by atoms with Crippen molar-refractivity contribution < 1.29 is 9.18 Å². The van der Waals surface area contributed by atoms with Gasteiger partial charge >= 0.3 is 0 Å². The van der Waals surface area contributed by atoms with Crippen molar-refractivity contribution in [1.82, 2.24) is 9.97 Å². The molecule has 29 heavy (non-hydrogen) atoms. The first kappa shape index (κ1) is 18.1. The first-order chi connectivity index (χ1) is 13.9. The highest BCUT2D eigenvalue weighted by Gasteiger charge is 2.18. The Kier molecular flexibility index (Phi) is 4.09. The Morgan fingerprint density at radius 1 is 0.966 bits per heavy atom. The van der Waals surface area contributed by atoms with E-state index in [-0.39, 0.29) is 16.4 Å². The first-order valence-electron chi connectivity index (χ1n) is 8.94. The lowest BCUT2D eigenvalue weighted by molar-refractivity contribution is 0.101. The zero-order valence-corrected chi connectivity index (χ0v) is 16.7. The Labute approximate surface area is 175 Å². The number of hydrogen-bond acceptors (Lipinski definition) is 2. The summed E-state index contributed by atoms with van der Waals surface area (Å²) in [5, 5.41) is 4.33. The molecule has 4 aromatic carbocycles. The topological polar surface area (TPSA) is 45.8 Å². The van der Waals surface area contributed by atoms with Crippen LogP contribution in [-0.2, 0) is 0 Å². The molecule has 142 valence electrons. The predicted octanol–water partition coefficient (Wildman–Crippen LogP) is 7.18. The third-order valence-electron chi connectivity index (χ3n) is 5.13. The third-order valence-corrected chi connectivity index (χ3v) is 5.68. The second-order valence-corrected chi connectivity index (χ2v) is 7.76. The van der Waals surface area contributed by atoms with Crippen molar-refractivity contribution in [1.29, 1.82) is 0 Å². The lowest BCUT2D eigenvalue weighted by Crippen LogP contribution is -1.92. The van der Waals surface area contributed by atoms with E-state index in [2.05, 4.69) is 9.97 Å². The van der Waals surface area contributed by atoms with Gasteiger partial charge in [0, 0.05) is 21.4 Å². The molecule has 0 amide bonds. The molecule has 6 heteroatoms. The van der Waals surface area contributed by atoms with Crippen LogP contribution in [0.5, 0.6) is 0 Å².